The number of methoxy groups -OCH3 is 1. The SMILES string of the molecule is COc1cccc(F)c1CN1C[C@H](c2cn(-c3ccc4[nH]nc(-c5ccncc5)c4c3)nn2)CC[C@H]1C(=O)N1CC(C)(F)C1. The second kappa shape index (κ2) is 11.1. The van der Waals surface area contributed by atoms with Gasteiger partial charge in [-0.25, -0.2) is 13.5 Å². The van der Waals surface area contributed by atoms with Crippen molar-refractivity contribution in [3.05, 3.63) is 84.2 Å². The monoisotopic (exact) mass is 598 g/mol. The van der Waals surface area contributed by atoms with Gasteiger partial charge >= 0.3 is 0 Å². The Morgan fingerprint density at radius 1 is 1.14 bits per heavy atom. The maximum Gasteiger partial charge on any atom is 0.240 e. The number of likely N-dealkylation sites (tertiary alicyclic amines) is 2. The molecule has 2 aliphatic heterocycles. The third-order valence-corrected chi connectivity index (χ3v) is 8.67. The van der Waals surface area contributed by atoms with Crippen LogP contribution in [0.15, 0.2) is 67.1 Å². The summed E-state index contributed by atoms with van der Waals surface area (Å²) in [5, 5.41) is 17.5. The van der Waals surface area contributed by atoms with Crippen molar-refractivity contribution in [2.45, 2.75) is 43.9 Å². The Labute approximate surface area is 252 Å². The molecule has 44 heavy (non-hydrogen) atoms. The summed E-state index contributed by atoms with van der Waals surface area (Å²) in [6.07, 6.45) is 6.60. The van der Waals surface area contributed by atoms with Gasteiger partial charge in [-0.05, 0) is 62.2 Å². The third kappa shape index (κ3) is 5.19. The summed E-state index contributed by atoms with van der Waals surface area (Å²) < 4.78 is 36.5. The van der Waals surface area contributed by atoms with Crippen LogP contribution in [0.3, 0.4) is 0 Å². The largest absolute Gasteiger partial charge is 0.496 e. The van der Waals surface area contributed by atoms with E-state index >= 15 is 4.39 Å². The van der Waals surface area contributed by atoms with Gasteiger partial charge in [-0.2, -0.15) is 5.10 Å². The number of carbonyl (C=O) groups excluding carboxylic acids is 1. The van der Waals surface area contributed by atoms with Gasteiger partial charge in [-0.3, -0.25) is 19.8 Å². The van der Waals surface area contributed by atoms with E-state index in [2.05, 4.69) is 25.5 Å². The average molecular weight is 599 g/mol. The number of piperidine rings is 1. The van der Waals surface area contributed by atoms with Crippen LogP contribution >= 0.6 is 0 Å². The number of nitrogens with zero attached hydrogens (tertiary/aromatic N) is 7. The van der Waals surface area contributed by atoms with Gasteiger partial charge in [0.1, 0.15) is 22.9 Å². The number of pyridine rings is 1. The Morgan fingerprint density at radius 3 is 2.73 bits per heavy atom. The standard InChI is InChI=1S/C32H32F2N8O2/c1-32(34)18-41(19-32)31(43)28-9-6-21(15-40(28)16-24-25(33)4-3-5-29(24)44-2)27-17-42(39-37-27)22-7-8-26-23(14-22)30(38-36-26)20-10-12-35-13-11-20/h3-5,7-8,10-14,17,21,28H,6,9,15-16,18-19H2,1-2H3,(H,36,38)/t21-,28+/m1/s1. The van der Waals surface area contributed by atoms with E-state index in [9.17, 15) is 9.18 Å². The molecule has 3 aromatic heterocycles. The summed E-state index contributed by atoms with van der Waals surface area (Å²) in [5.74, 6) is -0.149. The van der Waals surface area contributed by atoms with E-state index in [1.165, 1.54) is 20.1 Å². The van der Waals surface area contributed by atoms with Gasteiger partial charge in [-0.1, -0.05) is 11.3 Å². The lowest BCUT2D eigenvalue weighted by atomic mass is 9.88. The van der Waals surface area contributed by atoms with Crippen LogP contribution in [0.1, 0.15) is 36.9 Å². The first-order chi connectivity index (χ1) is 21.3. The molecule has 7 rings (SSSR count). The molecule has 2 atom stereocenters. The summed E-state index contributed by atoms with van der Waals surface area (Å²) in [4.78, 5) is 21.1. The number of hydrogen-bond acceptors (Lipinski definition) is 7. The molecule has 0 saturated carbocycles. The van der Waals surface area contributed by atoms with E-state index in [4.69, 9.17) is 4.74 Å². The molecule has 1 amide bonds. The number of benzene rings is 2. The first-order valence-corrected chi connectivity index (χ1v) is 14.6. The molecule has 0 unspecified atom stereocenters. The predicted molar refractivity (Wildman–Crippen MR) is 159 cm³/mol. The molecule has 5 heterocycles. The lowest BCUT2D eigenvalue weighted by Gasteiger charge is -2.47. The zero-order valence-corrected chi connectivity index (χ0v) is 24.5. The van der Waals surface area contributed by atoms with E-state index in [1.807, 2.05) is 41.4 Å². The summed E-state index contributed by atoms with van der Waals surface area (Å²) in [7, 11) is 1.50. The zero-order chi connectivity index (χ0) is 30.4. The van der Waals surface area contributed by atoms with E-state index < -0.39 is 17.5 Å². The molecule has 0 spiro atoms. The maximum atomic E-state index is 15.0. The number of aromatic amines is 1. The summed E-state index contributed by atoms with van der Waals surface area (Å²) in [6.45, 7) is 2.28. The van der Waals surface area contributed by atoms with Crippen molar-refractivity contribution >= 4 is 16.8 Å². The van der Waals surface area contributed by atoms with E-state index in [0.717, 1.165) is 33.5 Å². The highest BCUT2D eigenvalue weighted by Crippen LogP contribution is 2.35. The van der Waals surface area contributed by atoms with Crippen LogP contribution in [0.2, 0.25) is 0 Å². The van der Waals surface area contributed by atoms with Crippen LogP contribution in [0, 0.1) is 5.82 Å². The van der Waals surface area contributed by atoms with Gasteiger partial charge < -0.3 is 9.64 Å². The molecule has 0 radical (unpaired) electrons. The van der Waals surface area contributed by atoms with Gasteiger partial charge in [0.15, 0.2) is 0 Å². The smallest absolute Gasteiger partial charge is 0.240 e. The minimum atomic E-state index is -1.37. The van der Waals surface area contributed by atoms with Crippen molar-refractivity contribution in [1.29, 1.82) is 0 Å². The van der Waals surface area contributed by atoms with E-state index in [1.54, 1.807) is 34.1 Å². The second-order valence-corrected chi connectivity index (χ2v) is 11.9. The Balaban J connectivity index is 1.15. The van der Waals surface area contributed by atoms with Crippen molar-refractivity contribution < 1.29 is 18.3 Å². The van der Waals surface area contributed by atoms with E-state index in [-0.39, 0.29) is 31.5 Å². The minimum absolute atomic E-state index is 0.0431. The number of fused-ring (bicyclic) bond motifs is 1. The van der Waals surface area contributed by atoms with Crippen molar-refractivity contribution in [2.75, 3.05) is 26.7 Å². The number of carbonyl (C=O) groups is 1. The number of rotatable bonds is 7. The van der Waals surface area contributed by atoms with Gasteiger partial charge in [0, 0.05) is 47.9 Å². The normalized spacial score (nSPS) is 20.0. The van der Waals surface area contributed by atoms with Gasteiger partial charge in [-0.15, -0.1) is 5.10 Å². The number of alkyl halides is 1. The molecule has 12 heteroatoms. The summed E-state index contributed by atoms with van der Waals surface area (Å²) >= 11 is 0. The molecule has 226 valence electrons. The molecule has 1 N–H and O–H groups in total. The van der Waals surface area contributed by atoms with Crippen LogP contribution in [0.4, 0.5) is 8.78 Å². The Kier molecular flexibility index (Phi) is 7.08. The molecule has 10 nitrogen and oxygen atoms in total. The van der Waals surface area contributed by atoms with Crippen LogP contribution in [-0.4, -0.2) is 84.3 Å². The van der Waals surface area contributed by atoms with Crippen molar-refractivity contribution in [1.82, 2.24) is 40.0 Å². The molecule has 5 aromatic rings. The molecular weight excluding hydrogens is 566 g/mol. The fourth-order valence-electron chi connectivity index (χ4n) is 6.41. The summed E-state index contributed by atoms with van der Waals surface area (Å²) in [5.41, 5.74) is 3.30. The highest BCUT2D eigenvalue weighted by Gasteiger charge is 2.46. The number of H-pyrrole nitrogens is 1. The zero-order valence-electron chi connectivity index (χ0n) is 24.5. The number of halogens is 2. The van der Waals surface area contributed by atoms with E-state index in [0.29, 0.717) is 30.7 Å². The highest BCUT2D eigenvalue weighted by atomic mass is 19.1. The van der Waals surface area contributed by atoms with Crippen molar-refractivity contribution in [3.63, 3.8) is 0 Å². The van der Waals surface area contributed by atoms with Crippen LogP contribution in [0.25, 0.3) is 27.8 Å². The van der Waals surface area contributed by atoms with Crippen LogP contribution in [-0.2, 0) is 11.3 Å². The molecular formula is C32H32F2N8O2. The first kappa shape index (κ1) is 28.1. The minimum Gasteiger partial charge on any atom is -0.496 e. The van der Waals surface area contributed by atoms with Gasteiger partial charge in [0.25, 0.3) is 0 Å². The average Bonchev–Trinajstić information content (AvgIpc) is 3.68. The number of aromatic nitrogens is 6. The van der Waals surface area contributed by atoms with Crippen LogP contribution in [0.5, 0.6) is 5.75 Å². The topological polar surface area (TPSA) is 105 Å². The lowest BCUT2D eigenvalue weighted by Crippen LogP contribution is -2.63. The van der Waals surface area contributed by atoms with Crippen LogP contribution < -0.4 is 4.74 Å². The quantitative estimate of drug-likeness (QED) is 0.290. The van der Waals surface area contributed by atoms with Crippen molar-refractivity contribution in [2.24, 2.45) is 0 Å². The molecule has 0 bridgehead atoms. The number of hydrogen-bond donors (Lipinski definition) is 1. The fraction of sp³-hybridized carbons (Fsp3) is 0.344. The highest BCUT2D eigenvalue weighted by molar-refractivity contribution is 5.94. The van der Waals surface area contributed by atoms with Crippen molar-refractivity contribution in [3.8, 4) is 22.7 Å². The maximum absolute atomic E-state index is 15.0. The van der Waals surface area contributed by atoms with Gasteiger partial charge in [0.2, 0.25) is 5.91 Å². The molecule has 0 aliphatic carbocycles. The number of amides is 1. The number of nitrogens with one attached hydrogen (secondary N) is 1. The third-order valence-electron chi connectivity index (χ3n) is 8.67. The second-order valence-electron chi connectivity index (χ2n) is 11.9. The molecule has 2 aromatic carbocycles. The summed E-state index contributed by atoms with van der Waals surface area (Å²) in [6, 6.07) is 14.0. The Hall–Kier alpha value is -4.71. The predicted octanol–water partition coefficient (Wildman–Crippen LogP) is 4.67. The molecule has 2 fully saturated rings. The van der Waals surface area contributed by atoms with Gasteiger partial charge in [0.05, 0.1) is 49.3 Å². The first-order valence-electron chi connectivity index (χ1n) is 14.6. The lowest BCUT2D eigenvalue weighted by molar-refractivity contribution is -0.151. The Morgan fingerprint density at radius 2 is 1.95 bits per heavy atom. The molecule has 2 aliphatic rings. The molecule has 2 saturated heterocycles. The Bertz CT molecular complexity index is 1810. The number of ether oxygens (including phenoxy) is 1. The fourth-order valence-corrected chi connectivity index (χ4v) is 6.41.